The summed E-state index contributed by atoms with van der Waals surface area (Å²) in [5, 5.41) is 5.04. The van der Waals surface area contributed by atoms with Crippen LogP contribution in [0.15, 0.2) is 41.8 Å². The van der Waals surface area contributed by atoms with Gasteiger partial charge in [0.1, 0.15) is 0 Å². The Morgan fingerprint density at radius 1 is 1.28 bits per heavy atom. The lowest BCUT2D eigenvalue weighted by Crippen LogP contribution is -2.43. The minimum Gasteiger partial charge on any atom is -0.349 e. The Kier molecular flexibility index (Phi) is 5.53. The van der Waals surface area contributed by atoms with E-state index in [0.29, 0.717) is 12.0 Å². The summed E-state index contributed by atoms with van der Waals surface area (Å²) in [5.41, 5.74) is 1.92. The summed E-state index contributed by atoms with van der Waals surface area (Å²) in [4.78, 5) is 28.4. The zero-order valence-electron chi connectivity index (χ0n) is 14.7. The monoisotopic (exact) mass is 356 g/mol. The first-order chi connectivity index (χ1) is 12.1. The van der Waals surface area contributed by atoms with Crippen molar-refractivity contribution in [3.05, 3.63) is 57.8 Å². The smallest absolute Gasteiger partial charge is 0.251 e. The molecular weight excluding hydrogens is 332 g/mol. The number of thiophene rings is 1. The quantitative estimate of drug-likeness (QED) is 0.886. The van der Waals surface area contributed by atoms with Crippen molar-refractivity contribution < 1.29 is 9.59 Å². The van der Waals surface area contributed by atoms with Gasteiger partial charge in [-0.25, -0.2) is 0 Å². The Morgan fingerprint density at radius 3 is 2.76 bits per heavy atom. The molecule has 2 atom stereocenters. The number of nitrogens with one attached hydrogen (secondary N) is 1. The Balaban J connectivity index is 1.61. The van der Waals surface area contributed by atoms with Gasteiger partial charge in [-0.3, -0.25) is 9.59 Å². The van der Waals surface area contributed by atoms with Crippen molar-refractivity contribution in [1.82, 2.24) is 10.2 Å². The fourth-order valence-electron chi connectivity index (χ4n) is 3.46. The maximum atomic E-state index is 12.8. The van der Waals surface area contributed by atoms with Crippen molar-refractivity contribution in [2.24, 2.45) is 0 Å². The molecule has 132 valence electrons. The van der Waals surface area contributed by atoms with Gasteiger partial charge < -0.3 is 10.2 Å². The van der Waals surface area contributed by atoms with Gasteiger partial charge in [-0.15, -0.1) is 11.3 Å². The number of benzene rings is 1. The number of carbonyl (C=O) groups is 2. The number of carbonyl (C=O) groups excluding carboxylic acids is 2. The van der Waals surface area contributed by atoms with Crippen LogP contribution >= 0.6 is 11.3 Å². The molecule has 2 amide bonds. The van der Waals surface area contributed by atoms with Crippen molar-refractivity contribution in [1.29, 1.82) is 0 Å². The lowest BCUT2D eigenvalue weighted by atomic mass is 9.97. The highest BCUT2D eigenvalue weighted by Gasteiger charge is 2.30. The van der Waals surface area contributed by atoms with Crippen LogP contribution in [0.25, 0.3) is 0 Å². The lowest BCUT2D eigenvalue weighted by Gasteiger charge is -2.36. The van der Waals surface area contributed by atoms with Gasteiger partial charge in [0.25, 0.3) is 5.91 Å². The van der Waals surface area contributed by atoms with Gasteiger partial charge in [0, 0.05) is 29.4 Å². The maximum Gasteiger partial charge on any atom is 0.251 e. The van der Waals surface area contributed by atoms with E-state index in [4.69, 9.17) is 0 Å². The summed E-state index contributed by atoms with van der Waals surface area (Å²) in [5.74, 6) is -0.0173. The largest absolute Gasteiger partial charge is 0.349 e. The van der Waals surface area contributed by atoms with E-state index in [0.717, 1.165) is 19.4 Å². The molecule has 0 unspecified atom stereocenters. The molecule has 1 aliphatic heterocycles. The molecule has 0 fully saturated rings. The van der Waals surface area contributed by atoms with Gasteiger partial charge in [-0.2, -0.15) is 0 Å². The standard InChI is InChI=1S/C20H24N2O2S/c1-3-17-16-10-12-25-18(16)9-11-22(17)19(23)13-14(2)21-20(24)15-7-5-4-6-8-15/h4-8,10,12,14,17H,3,9,11,13H2,1-2H3,(H,21,24)/t14-,17+/m1/s1. The summed E-state index contributed by atoms with van der Waals surface area (Å²) >= 11 is 1.78. The molecule has 0 radical (unpaired) electrons. The zero-order valence-corrected chi connectivity index (χ0v) is 15.5. The Hall–Kier alpha value is -2.14. The van der Waals surface area contributed by atoms with E-state index < -0.39 is 0 Å². The van der Waals surface area contributed by atoms with Crippen molar-refractivity contribution in [2.45, 2.75) is 45.2 Å². The molecule has 2 aromatic rings. The third-order valence-corrected chi connectivity index (χ3v) is 5.69. The normalized spacial score (nSPS) is 17.7. The number of fused-ring (bicyclic) bond motifs is 1. The van der Waals surface area contributed by atoms with Crippen molar-refractivity contribution in [3.63, 3.8) is 0 Å². The lowest BCUT2D eigenvalue weighted by molar-refractivity contribution is -0.134. The third-order valence-electron chi connectivity index (χ3n) is 4.70. The molecule has 25 heavy (non-hydrogen) atoms. The number of nitrogens with zero attached hydrogens (tertiary/aromatic N) is 1. The molecule has 0 spiro atoms. The topological polar surface area (TPSA) is 49.4 Å². The fourth-order valence-corrected chi connectivity index (χ4v) is 4.39. The van der Waals surface area contributed by atoms with E-state index in [9.17, 15) is 9.59 Å². The number of rotatable bonds is 5. The molecule has 0 bridgehead atoms. The van der Waals surface area contributed by atoms with Gasteiger partial charge in [0.05, 0.1) is 6.04 Å². The van der Waals surface area contributed by atoms with Gasteiger partial charge in [-0.05, 0) is 48.9 Å². The second-order valence-corrected chi connectivity index (χ2v) is 7.51. The van der Waals surface area contributed by atoms with Gasteiger partial charge >= 0.3 is 0 Å². The van der Waals surface area contributed by atoms with Gasteiger partial charge in [0.2, 0.25) is 5.91 Å². The second-order valence-electron chi connectivity index (χ2n) is 6.50. The second kappa shape index (κ2) is 7.83. The van der Waals surface area contributed by atoms with Gasteiger partial charge in [-0.1, -0.05) is 25.1 Å². The number of hydrogen-bond donors (Lipinski definition) is 1. The van der Waals surface area contributed by atoms with Crippen molar-refractivity contribution in [2.75, 3.05) is 6.54 Å². The highest BCUT2D eigenvalue weighted by molar-refractivity contribution is 7.10. The van der Waals surface area contributed by atoms with Crippen LogP contribution < -0.4 is 5.32 Å². The molecule has 0 saturated carbocycles. The molecule has 1 N–H and O–H groups in total. The predicted molar refractivity (Wildman–Crippen MR) is 101 cm³/mol. The number of hydrogen-bond acceptors (Lipinski definition) is 3. The first kappa shape index (κ1) is 17.7. The summed E-state index contributed by atoms with van der Waals surface area (Å²) in [6, 6.07) is 11.2. The summed E-state index contributed by atoms with van der Waals surface area (Å²) < 4.78 is 0. The molecular formula is C20H24N2O2S. The van der Waals surface area contributed by atoms with Crippen LogP contribution in [0.5, 0.6) is 0 Å². The Morgan fingerprint density at radius 2 is 2.04 bits per heavy atom. The molecule has 4 nitrogen and oxygen atoms in total. The molecule has 5 heteroatoms. The SMILES string of the molecule is CC[C@H]1c2ccsc2CCN1C(=O)C[C@@H](C)NC(=O)c1ccccc1. The zero-order chi connectivity index (χ0) is 17.8. The molecule has 2 heterocycles. The van der Waals surface area contributed by atoms with Crippen LogP contribution in [0.2, 0.25) is 0 Å². The van der Waals surface area contributed by atoms with E-state index in [1.54, 1.807) is 23.5 Å². The minimum atomic E-state index is -0.193. The Labute approximate surface area is 152 Å². The van der Waals surface area contributed by atoms with Gasteiger partial charge in [0.15, 0.2) is 0 Å². The predicted octanol–water partition coefficient (Wildman–Crippen LogP) is 3.79. The summed E-state index contributed by atoms with van der Waals surface area (Å²) in [6.45, 7) is 4.78. The van der Waals surface area contributed by atoms with Crippen LogP contribution in [0.4, 0.5) is 0 Å². The van der Waals surface area contributed by atoms with Crippen LogP contribution in [0.1, 0.15) is 53.5 Å². The summed E-state index contributed by atoms with van der Waals surface area (Å²) in [6.07, 6.45) is 2.18. The molecule has 0 saturated heterocycles. The van der Waals surface area contributed by atoms with Crippen molar-refractivity contribution in [3.8, 4) is 0 Å². The molecule has 1 aliphatic rings. The van der Waals surface area contributed by atoms with E-state index in [-0.39, 0.29) is 23.9 Å². The van der Waals surface area contributed by atoms with Crippen LogP contribution in [-0.4, -0.2) is 29.3 Å². The summed E-state index contributed by atoms with van der Waals surface area (Å²) in [7, 11) is 0. The average molecular weight is 356 g/mol. The van der Waals surface area contributed by atoms with E-state index in [1.165, 1.54) is 10.4 Å². The van der Waals surface area contributed by atoms with Crippen molar-refractivity contribution >= 4 is 23.2 Å². The van der Waals surface area contributed by atoms with E-state index >= 15 is 0 Å². The molecule has 1 aromatic heterocycles. The first-order valence-electron chi connectivity index (χ1n) is 8.81. The first-order valence-corrected chi connectivity index (χ1v) is 9.69. The molecule has 1 aromatic carbocycles. The fraction of sp³-hybridized carbons (Fsp3) is 0.400. The van der Waals surface area contributed by atoms with Crippen LogP contribution in [0, 0.1) is 0 Å². The van der Waals surface area contributed by atoms with Crippen LogP contribution in [-0.2, 0) is 11.2 Å². The van der Waals surface area contributed by atoms with E-state index in [2.05, 4.69) is 23.7 Å². The molecule has 0 aliphatic carbocycles. The minimum absolute atomic E-state index is 0.115. The third kappa shape index (κ3) is 3.93. The number of amides is 2. The van der Waals surface area contributed by atoms with E-state index in [1.807, 2.05) is 30.0 Å². The van der Waals surface area contributed by atoms with Crippen LogP contribution in [0.3, 0.4) is 0 Å². The highest BCUT2D eigenvalue weighted by Crippen LogP contribution is 2.35. The Bertz CT molecular complexity index is 741. The highest BCUT2D eigenvalue weighted by atomic mass is 32.1. The molecule has 3 rings (SSSR count). The maximum absolute atomic E-state index is 12.8. The average Bonchev–Trinajstić information content (AvgIpc) is 3.10.